The Bertz CT molecular complexity index is 1030. The van der Waals surface area contributed by atoms with Crippen LogP contribution in [0.25, 0.3) is 6.08 Å². The third-order valence-corrected chi connectivity index (χ3v) is 10.0. The van der Waals surface area contributed by atoms with Crippen LogP contribution in [0.5, 0.6) is 0 Å². The molecule has 1 aromatic heterocycles. The van der Waals surface area contributed by atoms with Gasteiger partial charge < -0.3 is 4.74 Å². The Kier molecular flexibility index (Phi) is 3.79. The Balaban J connectivity index is 1.36. The van der Waals surface area contributed by atoms with Crippen LogP contribution in [-0.4, -0.2) is 21.4 Å². The molecular weight excluding hydrogens is 384 g/mol. The maximum atomic E-state index is 12.1. The van der Waals surface area contributed by atoms with Crippen molar-refractivity contribution in [2.45, 2.75) is 90.7 Å². The quantitative estimate of drug-likeness (QED) is 0.508. The SMILES string of the molecule is CC(C)(C)n1cc2c(n1)C=C1C=C[C@@H]3[C@H](CC[C@@]4(C)[C@H]3CC[C@@]43CCC(=O)O3)[C@@]1(C)C2. The monoisotopic (exact) mass is 420 g/mol. The van der Waals surface area contributed by atoms with Crippen molar-refractivity contribution in [1.82, 2.24) is 9.78 Å². The van der Waals surface area contributed by atoms with Gasteiger partial charge in [0.05, 0.1) is 11.2 Å². The normalized spacial score (nSPS) is 43.2. The van der Waals surface area contributed by atoms with Crippen molar-refractivity contribution in [1.29, 1.82) is 0 Å². The highest BCUT2D eigenvalue weighted by Gasteiger charge is 2.66. The molecule has 0 unspecified atom stereocenters. The molecule has 0 aromatic carbocycles. The maximum Gasteiger partial charge on any atom is 0.306 e. The molecular formula is C27H36N2O2. The van der Waals surface area contributed by atoms with Crippen molar-refractivity contribution in [2.75, 3.05) is 0 Å². The fourth-order valence-electron chi connectivity index (χ4n) is 8.14. The molecule has 2 saturated carbocycles. The van der Waals surface area contributed by atoms with Crippen molar-refractivity contribution in [3.05, 3.63) is 35.2 Å². The summed E-state index contributed by atoms with van der Waals surface area (Å²) in [5.41, 5.74) is 4.12. The van der Waals surface area contributed by atoms with E-state index in [1.165, 1.54) is 30.4 Å². The first-order chi connectivity index (χ1) is 14.6. The van der Waals surface area contributed by atoms with Crippen LogP contribution < -0.4 is 0 Å². The molecule has 6 atom stereocenters. The van der Waals surface area contributed by atoms with Gasteiger partial charge in [0.2, 0.25) is 0 Å². The number of allylic oxidation sites excluding steroid dienone is 3. The van der Waals surface area contributed by atoms with E-state index in [1.807, 2.05) is 0 Å². The minimum Gasteiger partial charge on any atom is -0.458 e. The van der Waals surface area contributed by atoms with E-state index in [4.69, 9.17) is 9.84 Å². The van der Waals surface area contributed by atoms with E-state index >= 15 is 0 Å². The Labute approximate surface area is 186 Å². The van der Waals surface area contributed by atoms with Gasteiger partial charge in [-0.2, -0.15) is 5.10 Å². The summed E-state index contributed by atoms with van der Waals surface area (Å²) < 4.78 is 8.23. The molecule has 2 heterocycles. The van der Waals surface area contributed by atoms with Crippen molar-refractivity contribution < 1.29 is 9.53 Å². The maximum absolute atomic E-state index is 12.1. The van der Waals surface area contributed by atoms with Crippen LogP contribution in [0.1, 0.15) is 84.4 Å². The lowest BCUT2D eigenvalue weighted by Gasteiger charge is -2.57. The van der Waals surface area contributed by atoms with Gasteiger partial charge in [-0.15, -0.1) is 0 Å². The van der Waals surface area contributed by atoms with Crippen molar-refractivity contribution >= 4 is 12.0 Å². The number of esters is 1. The third-order valence-electron chi connectivity index (χ3n) is 10.0. The Morgan fingerprint density at radius 2 is 1.90 bits per heavy atom. The van der Waals surface area contributed by atoms with Gasteiger partial charge in [0, 0.05) is 23.4 Å². The van der Waals surface area contributed by atoms with E-state index in [1.54, 1.807) is 0 Å². The van der Waals surface area contributed by atoms with Crippen molar-refractivity contribution in [2.24, 2.45) is 28.6 Å². The first kappa shape index (κ1) is 19.8. The average Bonchev–Trinajstić information content (AvgIpc) is 3.35. The predicted molar refractivity (Wildman–Crippen MR) is 121 cm³/mol. The van der Waals surface area contributed by atoms with E-state index in [-0.39, 0.29) is 27.9 Å². The molecule has 6 rings (SSSR count). The van der Waals surface area contributed by atoms with Gasteiger partial charge in [0.1, 0.15) is 5.60 Å². The molecule has 5 aliphatic rings. The van der Waals surface area contributed by atoms with Crippen molar-refractivity contribution in [3.63, 3.8) is 0 Å². The summed E-state index contributed by atoms with van der Waals surface area (Å²) in [6, 6.07) is 0. The van der Waals surface area contributed by atoms with Crippen LogP contribution in [0.3, 0.4) is 0 Å². The number of nitrogens with zero attached hydrogens (tertiary/aromatic N) is 2. The van der Waals surface area contributed by atoms with Gasteiger partial charge in [0.15, 0.2) is 0 Å². The number of carbonyl (C=O) groups excluding carboxylic acids is 1. The molecule has 0 bridgehead atoms. The van der Waals surface area contributed by atoms with E-state index in [2.05, 4.69) is 63.7 Å². The smallest absolute Gasteiger partial charge is 0.306 e. The predicted octanol–water partition coefficient (Wildman–Crippen LogP) is 5.67. The lowest BCUT2D eigenvalue weighted by atomic mass is 9.48. The molecule has 4 aliphatic carbocycles. The summed E-state index contributed by atoms with van der Waals surface area (Å²) in [6.07, 6.45) is 16.8. The number of carbonyl (C=O) groups is 1. The molecule has 166 valence electrons. The molecule has 1 aliphatic heterocycles. The van der Waals surface area contributed by atoms with Gasteiger partial charge in [-0.25, -0.2) is 0 Å². The fraction of sp³-hybridized carbons (Fsp3) is 0.704. The van der Waals surface area contributed by atoms with Crippen LogP contribution in [0.4, 0.5) is 0 Å². The number of hydrogen-bond acceptors (Lipinski definition) is 3. The highest BCUT2D eigenvalue weighted by Crippen LogP contribution is 2.68. The largest absolute Gasteiger partial charge is 0.458 e. The topological polar surface area (TPSA) is 44.1 Å². The van der Waals surface area contributed by atoms with Crippen LogP contribution in [0.15, 0.2) is 23.9 Å². The second-order valence-electron chi connectivity index (χ2n) is 12.5. The molecule has 0 N–H and O–H groups in total. The summed E-state index contributed by atoms with van der Waals surface area (Å²) in [4.78, 5) is 12.1. The molecule has 4 nitrogen and oxygen atoms in total. The van der Waals surface area contributed by atoms with E-state index in [0.717, 1.165) is 25.0 Å². The molecule has 1 saturated heterocycles. The number of ether oxygens (including phenoxy) is 1. The summed E-state index contributed by atoms with van der Waals surface area (Å²) in [5, 5.41) is 4.93. The lowest BCUT2D eigenvalue weighted by Crippen LogP contribution is -2.53. The fourth-order valence-corrected chi connectivity index (χ4v) is 8.14. The zero-order valence-corrected chi connectivity index (χ0v) is 19.7. The van der Waals surface area contributed by atoms with Gasteiger partial charge in [-0.1, -0.05) is 26.0 Å². The summed E-state index contributed by atoms with van der Waals surface area (Å²) >= 11 is 0. The Morgan fingerprint density at radius 3 is 2.61 bits per heavy atom. The first-order valence-corrected chi connectivity index (χ1v) is 12.3. The lowest BCUT2D eigenvalue weighted by molar-refractivity contribution is -0.165. The van der Waals surface area contributed by atoms with Gasteiger partial charge in [0.25, 0.3) is 0 Å². The van der Waals surface area contributed by atoms with E-state index < -0.39 is 0 Å². The van der Waals surface area contributed by atoms with Gasteiger partial charge >= 0.3 is 5.97 Å². The standard InChI is InChI=1S/C27H36N2O2/c1-24(2,3)29-16-17-15-25(4)18(14-22(17)28-29)6-7-19-20(25)8-11-26(5)21(19)9-12-27(26)13-10-23(30)31-27/h6-7,14,16,19-21H,8-13,15H2,1-5H3/t19-,20+,21+,25+,26+,27-/m1/s1. The molecule has 0 radical (unpaired) electrons. The van der Waals surface area contributed by atoms with Gasteiger partial charge in [-0.3, -0.25) is 9.48 Å². The number of hydrogen-bond donors (Lipinski definition) is 0. The zero-order chi connectivity index (χ0) is 21.8. The molecule has 1 aromatic rings. The minimum atomic E-state index is -0.196. The molecule has 3 fully saturated rings. The number of rotatable bonds is 0. The molecule has 0 amide bonds. The summed E-state index contributed by atoms with van der Waals surface area (Å²) in [7, 11) is 0. The highest BCUT2D eigenvalue weighted by atomic mass is 16.6. The summed E-state index contributed by atoms with van der Waals surface area (Å²) in [6.45, 7) is 11.6. The highest BCUT2D eigenvalue weighted by molar-refractivity contribution is 5.72. The van der Waals surface area contributed by atoms with Crippen LogP contribution >= 0.6 is 0 Å². The van der Waals surface area contributed by atoms with E-state index in [0.29, 0.717) is 24.2 Å². The minimum absolute atomic E-state index is 0.00380. The zero-order valence-electron chi connectivity index (χ0n) is 19.7. The second-order valence-corrected chi connectivity index (χ2v) is 12.5. The van der Waals surface area contributed by atoms with Gasteiger partial charge in [-0.05, 0) is 94.3 Å². The Hall–Kier alpha value is -1.84. The third kappa shape index (κ3) is 2.48. The summed E-state index contributed by atoms with van der Waals surface area (Å²) in [5.74, 6) is 1.88. The van der Waals surface area contributed by atoms with Crippen LogP contribution in [-0.2, 0) is 21.5 Å². The van der Waals surface area contributed by atoms with E-state index in [9.17, 15) is 4.79 Å². The van der Waals surface area contributed by atoms with Crippen LogP contribution in [0.2, 0.25) is 0 Å². The van der Waals surface area contributed by atoms with Crippen molar-refractivity contribution in [3.8, 4) is 0 Å². The molecule has 4 heteroatoms. The molecule has 31 heavy (non-hydrogen) atoms. The Morgan fingerprint density at radius 1 is 1.13 bits per heavy atom. The average molecular weight is 421 g/mol. The number of aromatic nitrogens is 2. The second kappa shape index (κ2) is 5.94. The number of fused-ring (bicyclic) bond motifs is 7. The first-order valence-electron chi connectivity index (χ1n) is 12.3. The molecule has 1 spiro atoms. The van der Waals surface area contributed by atoms with Crippen LogP contribution in [0, 0.1) is 28.6 Å².